The van der Waals surface area contributed by atoms with E-state index in [1.165, 1.54) is 23.4 Å². The summed E-state index contributed by atoms with van der Waals surface area (Å²) < 4.78 is 0.368. The van der Waals surface area contributed by atoms with Crippen molar-refractivity contribution in [2.75, 3.05) is 31.1 Å². The number of pyridine rings is 1. The molecule has 2 unspecified atom stereocenters. The molecular weight excluding hydrogens is 418 g/mol. The third kappa shape index (κ3) is 3.18. The molecule has 1 amide bonds. The average Bonchev–Trinajstić information content (AvgIpc) is 3.49. The number of thioether (sulfide) groups is 1. The molecule has 3 aromatic rings. The number of nitrogens with zero attached hydrogens (tertiary/aromatic N) is 5. The highest BCUT2D eigenvalue weighted by atomic mass is 32.2. The highest BCUT2D eigenvalue weighted by molar-refractivity contribution is 8.01. The normalized spacial score (nSPS) is 23.6. The molecule has 1 saturated carbocycles. The van der Waals surface area contributed by atoms with E-state index in [-0.39, 0.29) is 5.91 Å². The molecule has 6 nitrogen and oxygen atoms in total. The molecule has 0 spiro atoms. The van der Waals surface area contributed by atoms with Crippen LogP contribution in [0.3, 0.4) is 0 Å². The summed E-state index contributed by atoms with van der Waals surface area (Å²) in [7, 11) is 0. The minimum absolute atomic E-state index is 0.0954. The van der Waals surface area contributed by atoms with Crippen molar-refractivity contribution in [2.24, 2.45) is 0 Å². The molecule has 162 valence electrons. The fourth-order valence-electron chi connectivity index (χ4n) is 5.07. The SMILES string of the molecule is CCC12CC1c1c(ncnc1N1CCN(C(=O)c3ccc(-c4cccnc4)cc3)CC1)S2. The topological polar surface area (TPSA) is 62.2 Å². The highest BCUT2D eigenvalue weighted by Crippen LogP contribution is 2.71. The van der Waals surface area contributed by atoms with Crippen molar-refractivity contribution in [1.29, 1.82) is 0 Å². The van der Waals surface area contributed by atoms with E-state index >= 15 is 0 Å². The van der Waals surface area contributed by atoms with E-state index in [1.807, 2.05) is 59.3 Å². The Labute approximate surface area is 192 Å². The van der Waals surface area contributed by atoms with Crippen LogP contribution in [0.2, 0.25) is 0 Å². The van der Waals surface area contributed by atoms with Crippen LogP contribution in [0.4, 0.5) is 5.82 Å². The molecule has 1 aromatic carbocycles. The molecule has 2 atom stereocenters. The first-order valence-electron chi connectivity index (χ1n) is 11.3. The summed E-state index contributed by atoms with van der Waals surface area (Å²) >= 11 is 1.95. The van der Waals surface area contributed by atoms with Gasteiger partial charge in [0.15, 0.2) is 0 Å². The number of carbonyl (C=O) groups excluding carboxylic acids is 1. The largest absolute Gasteiger partial charge is 0.353 e. The van der Waals surface area contributed by atoms with E-state index < -0.39 is 0 Å². The van der Waals surface area contributed by atoms with E-state index in [0.717, 1.165) is 35.6 Å². The van der Waals surface area contributed by atoms with Crippen LogP contribution in [-0.4, -0.2) is 56.7 Å². The van der Waals surface area contributed by atoms with E-state index in [0.29, 0.717) is 23.8 Å². The van der Waals surface area contributed by atoms with Gasteiger partial charge in [-0.2, -0.15) is 0 Å². The summed E-state index contributed by atoms with van der Waals surface area (Å²) in [4.78, 5) is 30.8. The maximum absolute atomic E-state index is 13.1. The molecule has 1 aliphatic carbocycles. The minimum atomic E-state index is 0.0954. The summed E-state index contributed by atoms with van der Waals surface area (Å²) in [6.45, 7) is 5.30. The molecule has 6 rings (SSSR count). The van der Waals surface area contributed by atoms with Crippen molar-refractivity contribution in [1.82, 2.24) is 19.9 Å². The van der Waals surface area contributed by atoms with E-state index in [4.69, 9.17) is 0 Å². The number of rotatable bonds is 4. The molecule has 32 heavy (non-hydrogen) atoms. The number of hydrogen-bond donors (Lipinski definition) is 0. The van der Waals surface area contributed by atoms with Gasteiger partial charge in [-0.3, -0.25) is 9.78 Å². The Hall–Kier alpha value is -2.93. The van der Waals surface area contributed by atoms with Gasteiger partial charge >= 0.3 is 0 Å². The van der Waals surface area contributed by atoms with E-state index in [9.17, 15) is 4.79 Å². The van der Waals surface area contributed by atoms with Gasteiger partial charge in [0.2, 0.25) is 0 Å². The first-order valence-corrected chi connectivity index (χ1v) is 12.1. The van der Waals surface area contributed by atoms with Crippen molar-refractivity contribution in [3.63, 3.8) is 0 Å². The molecule has 3 aliphatic rings. The lowest BCUT2D eigenvalue weighted by Gasteiger charge is -2.36. The van der Waals surface area contributed by atoms with Crippen LogP contribution >= 0.6 is 11.8 Å². The fraction of sp³-hybridized carbons (Fsp3) is 0.360. The third-order valence-corrected chi connectivity index (χ3v) is 8.76. The van der Waals surface area contributed by atoms with Gasteiger partial charge in [-0.1, -0.05) is 36.9 Å². The van der Waals surface area contributed by atoms with Gasteiger partial charge in [-0.25, -0.2) is 9.97 Å². The second-order valence-electron chi connectivity index (χ2n) is 8.79. The number of anilines is 1. The Balaban J connectivity index is 1.14. The van der Waals surface area contributed by atoms with Crippen molar-refractivity contribution in [3.8, 4) is 11.1 Å². The Kier molecular flexibility index (Phi) is 4.68. The lowest BCUT2D eigenvalue weighted by molar-refractivity contribution is 0.0746. The van der Waals surface area contributed by atoms with Crippen LogP contribution in [0.25, 0.3) is 11.1 Å². The van der Waals surface area contributed by atoms with Gasteiger partial charge in [0.05, 0.1) is 0 Å². The molecule has 7 heteroatoms. The third-order valence-electron chi connectivity index (χ3n) is 7.09. The molecule has 0 radical (unpaired) electrons. The van der Waals surface area contributed by atoms with Gasteiger partial charge in [-0.15, -0.1) is 0 Å². The lowest BCUT2D eigenvalue weighted by atomic mass is 10.0. The Morgan fingerprint density at radius 2 is 1.91 bits per heavy atom. The zero-order valence-corrected chi connectivity index (χ0v) is 18.9. The number of amides is 1. The second-order valence-corrected chi connectivity index (χ2v) is 10.2. The van der Waals surface area contributed by atoms with Gasteiger partial charge in [-0.05, 0) is 42.2 Å². The Morgan fingerprint density at radius 1 is 1.09 bits per heavy atom. The van der Waals surface area contributed by atoms with Crippen molar-refractivity contribution in [2.45, 2.75) is 35.5 Å². The smallest absolute Gasteiger partial charge is 0.253 e. The molecule has 2 fully saturated rings. The predicted octanol–water partition coefficient (Wildman–Crippen LogP) is 4.24. The maximum atomic E-state index is 13.1. The monoisotopic (exact) mass is 443 g/mol. The van der Waals surface area contributed by atoms with Gasteiger partial charge < -0.3 is 9.80 Å². The fourth-order valence-corrected chi connectivity index (χ4v) is 6.55. The average molecular weight is 444 g/mol. The summed E-state index contributed by atoms with van der Waals surface area (Å²) in [5.41, 5.74) is 4.21. The predicted molar refractivity (Wildman–Crippen MR) is 126 cm³/mol. The lowest BCUT2D eigenvalue weighted by Crippen LogP contribution is -2.49. The standard InChI is InChI=1S/C25H25N5OS/c1-2-25-14-20(25)21-22(27-16-28-23(21)32-25)29-10-12-30(13-11-29)24(31)18-7-5-17(6-8-18)19-4-3-9-26-15-19/h3-9,15-16,20H,2,10-14H2,1H3. The molecule has 1 saturated heterocycles. The van der Waals surface area contributed by atoms with E-state index in [1.54, 1.807) is 12.5 Å². The summed E-state index contributed by atoms with van der Waals surface area (Å²) in [6.07, 6.45) is 7.73. The summed E-state index contributed by atoms with van der Waals surface area (Å²) in [5.74, 6) is 1.79. The van der Waals surface area contributed by atoms with Gasteiger partial charge in [0.1, 0.15) is 17.2 Å². The zero-order valence-electron chi connectivity index (χ0n) is 18.1. The minimum Gasteiger partial charge on any atom is -0.353 e. The number of benzene rings is 1. The molecule has 2 aliphatic heterocycles. The molecule has 2 aromatic heterocycles. The summed E-state index contributed by atoms with van der Waals surface area (Å²) in [5, 5.41) is 1.17. The zero-order chi connectivity index (χ0) is 21.7. The van der Waals surface area contributed by atoms with E-state index in [2.05, 4.69) is 26.8 Å². The van der Waals surface area contributed by atoms with Gasteiger partial charge in [0, 0.05) is 60.4 Å². The van der Waals surface area contributed by atoms with Crippen LogP contribution in [0.5, 0.6) is 0 Å². The molecule has 0 bridgehead atoms. The van der Waals surface area contributed by atoms with Crippen molar-refractivity contribution >= 4 is 23.5 Å². The number of carbonyl (C=O) groups is 1. The number of aromatic nitrogens is 3. The molecule has 4 heterocycles. The van der Waals surface area contributed by atoms with Crippen LogP contribution in [0, 0.1) is 0 Å². The van der Waals surface area contributed by atoms with Crippen molar-refractivity contribution < 1.29 is 4.79 Å². The maximum Gasteiger partial charge on any atom is 0.253 e. The number of piperazine rings is 1. The quantitative estimate of drug-likeness (QED) is 0.562. The van der Waals surface area contributed by atoms with Crippen LogP contribution < -0.4 is 4.90 Å². The number of hydrogen-bond acceptors (Lipinski definition) is 6. The first kappa shape index (κ1) is 19.7. The first-order chi connectivity index (χ1) is 15.7. The Morgan fingerprint density at radius 3 is 2.62 bits per heavy atom. The van der Waals surface area contributed by atoms with Crippen LogP contribution in [0.15, 0.2) is 60.1 Å². The van der Waals surface area contributed by atoms with Crippen LogP contribution in [0.1, 0.15) is 41.6 Å². The van der Waals surface area contributed by atoms with Crippen LogP contribution in [-0.2, 0) is 0 Å². The Bertz CT molecular complexity index is 1160. The number of fused-ring (bicyclic) bond motifs is 3. The molecule has 0 N–H and O–H groups in total. The highest BCUT2D eigenvalue weighted by Gasteiger charge is 2.61. The van der Waals surface area contributed by atoms with Crippen molar-refractivity contribution in [3.05, 3.63) is 66.2 Å². The second kappa shape index (κ2) is 7.59. The van der Waals surface area contributed by atoms with Gasteiger partial charge in [0.25, 0.3) is 5.91 Å². The summed E-state index contributed by atoms with van der Waals surface area (Å²) in [6, 6.07) is 11.8. The molecular formula is C25H25N5OS.